The monoisotopic (exact) mass is 474 g/mol. The van der Waals surface area contributed by atoms with E-state index >= 15 is 0 Å². The molecule has 0 aliphatic heterocycles. The maximum atomic E-state index is 12.7. The van der Waals surface area contributed by atoms with Crippen LogP contribution in [0.4, 0.5) is 11.4 Å². The minimum Gasteiger partial charge on any atom is -0.457 e. The molecule has 32 heavy (non-hydrogen) atoms. The largest absolute Gasteiger partial charge is 0.457 e. The van der Waals surface area contributed by atoms with Crippen LogP contribution in [0.3, 0.4) is 0 Å². The number of benzene rings is 2. The van der Waals surface area contributed by atoms with Crippen LogP contribution < -0.4 is 5.73 Å². The lowest BCUT2D eigenvalue weighted by atomic mass is 10.1. The van der Waals surface area contributed by atoms with Gasteiger partial charge in [0, 0.05) is 39.7 Å². The molecule has 0 bridgehead atoms. The zero-order valence-electron chi connectivity index (χ0n) is 16.3. The van der Waals surface area contributed by atoms with Gasteiger partial charge in [0.1, 0.15) is 6.61 Å². The summed E-state index contributed by atoms with van der Waals surface area (Å²) in [5.41, 5.74) is 5.06. The van der Waals surface area contributed by atoms with E-state index in [-0.39, 0.29) is 22.4 Å². The summed E-state index contributed by atoms with van der Waals surface area (Å²) in [6.07, 6.45) is 0. The molecule has 0 fully saturated rings. The van der Waals surface area contributed by atoms with Gasteiger partial charge in [-0.1, -0.05) is 11.8 Å². The Morgan fingerprint density at radius 3 is 2.50 bits per heavy atom. The number of amides is 1. The Labute approximate surface area is 188 Å². The van der Waals surface area contributed by atoms with E-state index in [1.165, 1.54) is 35.6 Å². The molecule has 0 aliphatic carbocycles. The topological polar surface area (TPSA) is 169 Å². The second-order valence-corrected chi connectivity index (χ2v) is 8.48. The number of hydrogen-bond donors (Lipinski definition) is 1. The standard InChI is InChI=1S/C19H14N4O7S2/c1-10-9-31-19(21-10)32-16-5-4-13(22(26)27)7-14(16)18(25)30-8-12-3-2-11(17(20)24)6-15(12)23(28)29/h2-7,9H,8H2,1H3,(H2,20,24). The average molecular weight is 474 g/mol. The van der Waals surface area contributed by atoms with Crippen LogP contribution in [0.1, 0.15) is 32.0 Å². The average Bonchev–Trinajstić information content (AvgIpc) is 3.16. The van der Waals surface area contributed by atoms with Gasteiger partial charge in [0.25, 0.3) is 11.4 Å². The summed E-state index contributed by atoms with van der Waals surface area (Å²) in [7, 11) is 0. The Balaban J connectivity index is 1.88. The molecule has 1 aromatic heterocycles. The van der Waals surface area contributed by atoms with Crippen molar-refractivity contribution < 1.29 is 24.2 Å². The lowest BCUT2D eigenvalue weighted by Crippen LogP contribution is -2.12. The van der Waals surface area contributed by atoms with Gasteiger partial charge in [-0.3, -0.25) is 25.0 Å². The molecule has 0 saturated heterocycles. The molecule has 2 N–H and O–H groups in total. The van der Waals surface area contributed by atoms with Crippen LogP contribution in [0.5, 0.6) is 0 Å². The number of ether oxygens (including phenoxy) is 1. The third kappa shape index (κ3) is 5.25. The third-order valence-corrected chi connectivity index (χ3v) is 6.25. The molecule has 0 aliphatic rings. The molecule has 1 heterocycles. The molecule has 13 heteroatoms. The van der Waals surface area contributed by atoms with Crippen molar-refractivity contribution >= 4 is 46.3 Å². The molecule has 164 valence electrons. The maximum Gasteiger partial charge on any atom is 0.339 e. The van der Waals surface area contributed by atoms with Gasteiger partial charge in [-0.2, -0.15) is 0 Å². The second-order valence-electron chi connectivity index (χ2n) is 6.34. The molecule has 2 aromatic carbocycles. The number of primary amides is 1. The molecular weight excluding hydrogens is 460 g/mol. The second kappa shape index (κ2) is 9.53. The summed E-state index contributed by atoms with van der Waals surface area (Å²) in [4.78, 5) is 49.8. The van der Waals surface area contributed by atoms with E-state index in [1.54, 1.807) is 0 Å². The highest BCUT2D eigenvalue weighted by atomic mass is 32.2. The summed E-state index contributed by atoms with van der Waals surface area (Å²) in [6.45, 7) is 1.32. The van der Waals surface area contributed by atoms with E-state index in [2.05, 4.69) is 4.98 Å². The van der Waals surface area contributed by atoms with Crippen LogP contribution in [-0.2, 0) is 11.3 Å². The Morgan fingerprint density at radius 2 is 1.91 bits per heavy atom. The van der Waals surface area contributed by atoms with Gasteiger partial charge in [-0.25, -0.2) is 9.78 Å². The molecule has 11 nitrogen and oxygen atoms in total. The number of nitro benzene ring substituents is 2. The van der Waals surface area contributed by atoms with E-state index < -0.39 is 34.0 Å². The van der Waals surface area contributed by atoms with Crippen LogP contribution >= 0.6 is 23.1 Å². The van der Waals surface area contributed by atoms with Gasteiger partial charge >= 0.3 is 5.97 Å². The van der Waals surface area contributed by atoms with Crippen molar-refractivity contribution in [2.45, 2.75) is 22.8 Å². The Kier molecular flexibility index (Phi) is 6.80. The Bertz CT molecular complexity index is 1240. The fourth-order valence-electron chi connectivity index (χ4n) is 2.58. The Hall–Kier alpha value is -3.84. The Morgan fingerprint density at radius 1 is 1.16 bits per heavy atom. The quantitative estimate of drug-likeness (QED) is 0.289. The lowest BCUT2D eigenvalue weighted by Gasteiger charge is -2.09. The fourth-order valence-corrected chi connectivity index (χ4v) is 4.48. The third-order valence-electron chi connectivity index (χ3n) is 4.11. The first kappa shape index (κ1) is 22.8. The van der Waals surface area contributed by atoms with Crippen molar-refractivity contribution in [1.29, 1.82) is 0 Å². The summed E-state index contributed by atoms with van der Waals surface area (Å²) in [6, 6.07) is 7.28. The van der Waals surface area contributed by atoms with Crippen molar-refractivity contribution in [3.8, 4) is 0 Å². The number of nitrogens with zero attached hydrogens (tertiary/aromatic N) is 3. The number of nitro groups is 2. The first-order valence-corrected chi connectivity index (χ1v) is 10.5. The number of carbonyl (C=O) groups excluding carboxylic acids is 2. The predicted octanol–water partition coefficient (Wildman–Crippen LogP) is 3.88. The van der Waals surface area contributed by atoms with Gasteiger partial charge < -0.3 is 10.5 Å². The van der Waals surface area contributed by atoms with Crippen molar-refractivity contribution in [2.24, 2.45) is 5.73 Å². The molecule has 3 rings (SSSR count). The van der Waals surface area contributed by atoms with Gasteiger partial charge in [0.2, 0.25) is 5.91 Å². The molecular formula is C19H14N4O7S2. The van der Waals surface area contributed by atoms with Crippen LogP contribution in [0.15, 0.2) is 51.0 Å². The van der Waals surface area contributed by atoms with Crippen LogP contribution in [0.25, 0.3) is 0 Å². The maximum absolute atomic E-state index is 12.7. The predicted molar refractivity (Wildman–Crippen MR) is 115 cm³/mol. The minimum absolute atomic E-state index is 0.0310. The number of aryl methyl sites for hydroxylation is 1. The minimum atomic E-state index is -0.905. The molecule has 3 aromatic rings. The zero-order chi connectivity index (χ0) is 23.4. The number of hydrogen-bond acceptors (Lipinski definition) is 10. The summed E-state index contributed by atoms with van der Waals surface area (Å²) in [5, 5.41) is 24.3. The molecule has 0 spiro atoms. The smallest absolute Gasteiger partial charge is 0.339 e. The van der Waals surface area contributed by atoms with Gasteiger partial charge in [0.15, 0.2) is 4.34 Å². The zero-order valence-corrected chi connectivity index (χ0v) is 18.0. The number of aromatic nitrogens is 1. The van der Waals surface area contributed by atoms with Gasteiger partial charge in [-0.15, -0.1) is 11.3 Å². The lowest BCUT2D eigenvalue weighted by molar-refractivity contribution is -0.385. The van der Waals surface area contributed by atoms with Crippen molar-refractivity contribution in [2.75, 3.05) is 0 Å². The molecule has 0 radical (unpaired) electrons. The van der Waals surface area contributed by atoms with E-state index in [0.717, 1.165) is 29.6 Å². The highest BCUT2D eigenvalue weighted by Gasteiger charge is 2.22. The molecule has 0 unspecified atom stereocenters. The van der Waals surface area contributed by atoms with Gasteiger partial charge in [0.05, 0.1) is 21.0 Å². The number of non-ortho nitro benzene ring substituents is 1. The van der Waals surface area contributed by atoms with E-state index in [1.807, 2.05) is 12.3 Å². The normalized spacial score (nSPS) is 10.5. The van der Waals surface area contributed by atoms with Crippen LogP contribution in [0.2, 0.25) is 0 Å². The van der Waals surface area contributed by atoms with E-state index in [4.69, 9.17) is 10.5 Å². The number of esters is 1. The van der Waals surface area contributed by atoms with Crippen molar-refractivity contribution in [1.82, 2.24) is 4.98 Å². The summed E-state index contributed by atoms with van der Waals surface area (Å²) >= 11 is 2.49. The number of rotatable bonds is 8. The van der Waals surface area contributed by atoms with Crippen LogP contribution in [0, 0.1) is 27.2 Å². The van der Waals surface area contributed by atoms with Gasteiger partial charge in [-0.05, 0) is 25.1 Å². The number of carbonyl (C=O) groups is 2. The summed E-state index contributed by atoms with van der Waals surface area (Å²) < 4.78 is 5.84. The molecule has 0 atom stereocenters. The first-order chi connectivity index (χ1) is 15.2. The fraction of sp³-hybridized carbons (Fsp3) is 0.105. The van der Waals surface area contributed by atoms with Crippen LogP contribution in [-0.4, -0.2) is 26.7 Å². The molecule has 0 saturated carbocycles. The SMILES string of the molecule is Cc1csc(Sc2ccc([N+](=O)[O-])cc2C(=O)OCc2ccc(C(N)=O)cc2[N+](=O)[O-])n1. The number of nitrogens with two attached hydrogens (primary N) is 1. The summed E-state index contributed by atoms with van der Waals surface area (Å²) in [5.74, 6) is -1.75. The van der Waals surface area contributed by atoms with E-state index in [0.29, 0.717) is 9.24 Å². The number of thiazole rings is 1. The van der Waals surface area contributed by atoms with E-state index in [9.17, 15) is 29.8 Å². The highest BCUT2D eigenvalue weighted by molar-refractivity contribution is 8.01. The molecule has 1 amide bonds. The highest BCUT2D eigenvalue weighted by Crippen LogP contribution is 2.35. The van der Waals surface area contributed by atoms with Crippen molar-refractivity contribution in [3.05, 3.63) is 84.4 Å². The van der Waals surface area contributed by atoms with Crippen molar-refractivity contribution in [3.63, 3.8) is 0 Å². The first-order valence-electron chi connectivity index (χ1n) is 8.78.